The third-order valence-corrected chi connectivity index (χ3v) is 15.0. The largest absolute Gasteiger partial charge is 0.456 e. The predicted molar refractivity (Wildman–Crippen MR) is 240 cm³/mol. The number of fused-ring (bicyclic) bond motifs is 8. The summed E-state index contributed by atoms with van der Waals surface area (Å²) in [4.78, 5) is 39.9. The Morgan fingerprint density at radius 1 is 0.862 bits per heavy atom. The number of hydrogen-bond acceptors (Lipinski definition) is 9. The Morgan fingerprint density at radius 2 is 1.42 bits per heavy atom. The maximum absolute atomic E-state index is 15.3. The van der Waals surface area contributed by atoms with Gasteiger partial charge in [-0.1, -0.05) is 42.3 Å². The molecule has 0 aromatic heterocycles. The number of rotatable bonds is 7. The molecule has 11 nitrogen and oxygen atoms in total. The van der Waals surface area contributed by atoms with Crippen LogP contribution in [0.2, 0.25) is 10.0 Å². The van der Waals surface area contributed by atoms with Gasteiger partial charge in [0, 0.05) is 57.1 Å². The van der Waals surface area contributed by atoms with Gasteiger partial charge in [0.25, 0.3) is 16.0 Å². The highest BCUT2D eigenvalue weighted by molar-refractivity contribution is 7.86. The third kappa shape index (κ3) is 6.32. The predicted octanol–water partition coefficient (Wildman–Crippen LogP) is 10.3. The molecule has 1 spiro atoms. The molecular formula is C48H44Cl2F3N3O8S. The lowest BCUT2D eigenvalue weighted by Gasteiger charge is -2.51. The van der Waals surface area contributed by atoms with Gasteiger partial charge in [-0.3, -0.25) is 14.2 Å². The number of carbonyl (C=O) groups excluding carboxylic acids is 2. The van der Waals surface area contributed by atoms with Crippen LogP contribution in [-0.2, 0) is 38.1 Å². The second-order valence-electron chi connectivity index (χ2n) is 18.6. The molecule has 0 fully saturated rings. The molecular weight excluding hydrogens is 907 g/mol. The fraction of sp³-hybridized carbons (Fsp3) is 0.375. The Kier molecular flexibility index (Phi) is 9.92. The molecule has 0 aliphatic carbocycles. The van der Waals surface area contributed by atoms with Crippen LogP contribution in [0.25, 0.3) is 11.1 Å². The number of allylic oxidation sites excluding steroid dienone is 1. The summed E-state index contributed by atoms with van der Waals surface area (Å²) < 4.78 is 92.9. The van der Waals surface area contributed by atoms with Crippen molar-refractivity contribution in [1.82, 2.24) is 5.06 Å². The molecule has 10 rings (SSSR count). The molecule has 0 saturated heterocycles. The lowest BCUT2D eigenvalue weighted by Crippen LogP contribution is -2.51. The summed E-state index contributed by atoms with van der Waals surface area (Å²) in [5.41, 5.74) is 3.39. The zero-order valence-corrected chi connectivity index (χ0v) is 38.7. The second-order valence-corrected chi connectivity index (χ2v) is 20.8. The number of aryl methyl sites for hydroxylation is 1. The molecule has 6 heterocycles. The van der Waals surface area contributed by atoms with Gasteiger partial charge in [-0.25, -0.2) is 13.6 Å². The molecule has 17 heteroatoms. The summed E-state index contributed by atoms with van der Waals surface area (Å²) in [6.07, 6.45) is 7.14. The number of halogens is 5. The lowest BCUT2D eigenvalue weighted by atomic mass is 9.70. The first kappa shape index (κ1) is 43.8. The highest BCUT2D eigenvalue weighted by Crippen LogP contribution is 2.65. The number of hydrogen-bond donors (Lipinski definition) is 1. The van der Waals surface area contributed by atoms with E-state index in [1.54, 1.807) is 18.2 Å². The van der Waals surface area contributed by atoms with Crippen molar-refractivity contribution in [3.05, 3.63) is 120 Å². The Labute approximate surface area is 384 Å². The van der Waals surface area contributed by atoms with Gasteiger partial charge in [-0.05, 0) is 114 Å². The van der Waals surface area contributed by atoms with E-state index in [-0.39, 0.29) is 32.3 Å². The number of anilines is 2. The molecule has 6 aliphatic rings. The summed E-state index contributed by atoms with van der Waals surface area (Å²) >= 11 is 14.3. The average molecular weight is 951 g/mol. The quantitative estimate of drug-likeness (QED) is 0.0828. The van der Waals surface area contributed by atoms with Crippen LogP contribution in [0.15, 0.2) is 42.5 Å². The van der Waals surface area contributed by atoms with Crippen LogP contribution in [0.5, 0.6) is 17.2 Å². The average Bonchev–Trinajstić information content (AvgIpc) is 3.50. The van der Waals surface area contributed by atoms with Crippen LogP contribution in [0.3, 0.4) is 0 Å². The Balaban J connectivity index is 1.29. The van der Waals surface area contributed by atoms with Crippen LogP contribution < -0.4 is 19.3 Å². The minimum Gasteiger partial charge on any atom is -0.456 e. The second kappa shape index (κ2) is 14.7. The van der Waals surface area contributed by atoms with Gasteiger partial charge in [0.2, 0.25) is 11.6 Å². The van der Waals surface area contributed by atoms with Gasteiger partial charge < -0.3 is 19.3 Å². The monoisotopic (exact) mass is 949 g/mol. The normalized spacial score (nSPS) is 20.6. The fourth-order valence-electron chi connectivity index (χ4n) is 11.2. The molecule has 0 radical (unpaired) electrons. The van der Waals surface area contributed by atoms with E-state index in [0.29, 0.717) is 83.3 Å². The van der Waals surface area contributed by atoms with Gasteiger partial charge in [-0.15, -0.1) is 0 Å². The summed E-state index contributed by atoms with van der Waals surface area (Å²) in [5.74, 6) is -7.90. The van der Waals surface area contributed by atoms with Gasteiger partial charge in [0.15, 0.2) is 23.8 Å². The van der Waals surface area contributed by atoms with Crippen LogP contribution in [0, 0.1) is 24.4 Å². The molecule has 0 bridgehead atoms. The molecule has 1 N–H and O–H groups in total. The first-order chi connectivity index (χ1) is 30.6. The molecule has 1 unspecified atom stereocenters. The first-order valence-corrected chi connectivity index (χ1v) is 23.8. The fourth-order valence-corrected chi connectivity index (χ4v) is 12.3. The zero-order chi connectivity index (χ0) is 46.4. The van der Waals surface area contributed by atoms with E-state index in [1.807, 2.05) is 19.9 Å². The van der Waals surface area contributed by atoms with Gasteiger partial charge in [0.05, 0.1) is 33.0 Å². The summed E-state index contributed by atoms with van der Waals surface area (Å²) in [6, 6.07) is 7.31. The number of hydroxylamine groups is 2. The van der Waals surface area contributed by atoms with Gasteiger partial charge >= 0.3 is 5.97 Å². The van der Waals surface area contributed by atoms with Crippen molar-refractivity contribution in [3.63, 3.8) is 0 Å². The van der Waals surface area contributed by atoms with Crippen molar-refractivity contribution in [2.24, 2.45) is 0 Å². The van der Waals surface area contributed by atoms with Gasteiger partial charge in [0.1, 0.15) is 17.3 Å². The molecule has 0 saturated carbocycles. The summed E-state index contributed by atoms with van der Waals surface area (Å²) in [6.45, 7) is 11.7. The molecule has 1 atom stereocenters. The minimum absolute atomic E-state index is 0.00280. The van der Waals surface area contributed by atoms with Crippen molar-refractivity contribution in [3.8, 4) is 17.2 Å². The first-order valence-electron chi connectivity index (χ1n) is 21.4. The number of amides is 1. The van der Waals surface area contributed by atoms with Crippen molar-refractivity contribution >= 4 is 67.7 Å². The SMILES string of the molecule is CCC1=CC(C)(C)N2CCCc3c4c(cc1c32)C1(c2cc3c5c(c2O4)CCCN5C(C)(C)C=C3CS(=O)(=O)O)c2c(Cl)ccc(Cl)c2C(=O)N1OCC(=O)Oc1c(F)c(C)cc(F)c1F. The lowest BCUT2D eigenvalue weighted by molar-refractivity contribution is -0.179. The number of benzene rings is 4. The Morgan fingerprint density at radius 3 is 1.98 bits per heavy atom. The van der Waals surface area contributed by atoms with E-state index in [0.717, 1.165) is 40.4 Å². The molecule has 4 aromatic carbocycles. The zero-order valence-electron chi connectivity index (χ0n) is 36.4. The number of esters is 1. The van der Waals surface area contributed by atoms with E-state index >= 15 is 9.18 Å². The van der Waals surface area contributed by atoms with Crippen molar-refractivity contribution in [1.29, 1.82) is 0 Å². The number of carbonyl (C=O) groups is 2. The van der Waals surface area contributed by atoms with Crippen LogP contribution in [-0.4, -0.2) is 66.4 Å². The van der Waals surface area contributed by atoms with E-state index in [1.165, 1.54) is 13.0 Å². The van der Waals surface area contributed by atoms with E-state index < -0.39 is 68.6 Å². The molecule has 65 heavy (non-hydrogen) atoms. The summed E-state index contributed by atoms with van der Waals surface area (Å²) in [7, 11) is -4.59. The van der Waals surface area contributed by atoms with E-state index in [2.05, 4.69) is 36.6 Å². The minimum atomic E-state index is -4.59. The smallest absolute Gasteiger partial charge is 0.340 e. The van der Waals surface area contributed by atoms with Crippen molar-refractivity contribution < 1.29 is 50.0 Å². The highest BCUT2D eigenvalue weighted by atomic mass is 35.5. The highest BCUT2D eigenvalue weighted by Gasteiger charge is 2.62. The Hall–Kier alpha value is -5.06. The Bertz CT molecular complexity index is 3020. The van der Waals surface area contributed by atoms with E-state index in [4.69, 9.17) is 37.5 Å². The standard InChI is InChI=1S/C48H44Cl2F3N3O8S/c1-7-24-19-46(3,4)54-14-8-10-26-40(54)28(24)17-30-42(26)64-43-27-11-9-15-55-41(27)29(25(20-47(55,5)6)22-65(59,60)61)18-31(43)48(30)37-33(50)13-12-32(49)36(37)45(58)56(48)62-21-35(57)63-44-38(52)23(2)16-34(51)39(44)53/h12-13,16-20H,7-11,14-15,21-22H2,1-6H3,(H,59,60,61). The van der Waals surface area contributed by atoms with Gasteiger partial charge in [-0.2, -0.15) is 17.9 Å². The maximum Gasteiger partial charge on any atom is 0.340 e. The molecule has 6 aliphatic heterocycles. The van der Waals surface area contributed by atoms with Crippen LogP contribution in [0.1, 0.15) is 109 Å². The molecule has 1 amide bonds. The molecule has 340 valence electrons. The third-order valence-electron chi connectivity index (χ3n) is 13.7. The maximum atomic E-state index is 15.3. The number of ether oxygens (including phenoxy) is 2. The number of nitrogens with zero attached hydrogens (tertiary/aromatic N) is 3. The summed E-state index contributed by atoms with van der Waals surface area (Å²) in [5, 5.41) is 1.06. The van der Waals surface area contributed by atoms with Crippen molar-refractivity contribution in [2.75, 3.05) is 35.2 Å². The van der Waals surface area contributed by atoms with Crippen LogP contribution >= 0.6 is 23.2 Å². The molecule has 4 aromatic rings. The van der Waals surface area contributed by atoms with E-state index in [9.17, 15) is 26.5 Å². The van der Waals surface area contributed by atoms with Crippen LogP contribution in [0.4, 0.5) is 24.5 Å². The van der Waals surface area contributed by atoms with Crippen molar-refractivity contribution in [2.45, 2.75) is 90.3 Å². The topological polar surface area (TPSA) is 126 Å².